The Morgan fingerprint density at radius 1 is 1.00 bits per heavy atom. The van der Waals surface area contributed by atoms with Crippen molar-refractivity contribution in [2.75, 3.05) is 7.11 Å². The summed E-state index contributed by atoms with van der Waals surface area (Å²) in [6.07, 6.45) is 0. The van der Waals surface area contributed by atoms with Gasteiger partial charge in [0.2, 0.25) is 11.5 Å². The van der Waals surface area contributed by atoms with Gasteiger partial charge in [0.05, 0.1) is 7.11 Å². The van der Waals surface area contributed by atoms with E-state index in [1.165, 1.54) is 19.2 Å². The van der Waals surface area contributed by atoms with Crippen LogP contribution in [-0.4, -0.2) is 18.9 Å². The fourth-order valence-corrected chi connectivity index (χ4v) is 2.14. The topological polar surface area (TPSA) is 56.5 Å². The van der Waals surface area contributed by atoms with Crippen LogP contribution in [0.3, 0.4) is 0 Å². The van der Waals surface area contributed by atoms with Gasteiger partial charge in [-0.2, -0.15) is 0 Å². The van der Waals surface area contributed by atoms with Crippen LogP contribution in [0, 0.1) is 0 Å². The minimum Gasteiger partial charge on any atom is -0.463 e. The first kappa shape index (κ1) is 15.0. The molecule has 0 fully saturated rings. The number of benzene rings is 1. The van der Waals surface area contributed by atoms with Crippen LogP contribution in [0.2, 0.25) is 0 Å². The zero-order chi connectivity index (χ0) is 15.6. The minimum atomic E-state index is -0.599. The molecule has 0 amide bonds. The molecule has 1 heterocycles. The summed E-state index contributed by atoms with van der Waals surface area (Å²) in [5.41, 5.74) is 1.35. The van der Waals surface area contributed by atoms with E-state index in [0.29, 0.717) is 5.56 Å². The van der Waals surface area contributed by atoms with Crippen molar-refractivity contribution in [3.63, 3.8) is 0 Å². The van der Waals surface area contributed by atoms with E-state index in [0.717, 1.165) is 5.56 Å². The Hall–Kier alpha value is -2.36. The fraction of sp³-hybridized carbons (Fsp3) is 0.294. The van der Waals surface area contributed by atoms with Crippen molar-refractivity contribution in [1.82, 2.24) is 0 Å². The number of hydrogen-bond donors (Lipinski definition) is 0. The Bertz CT molecular complexity index is 674. The van der Waals surface area contributed by atoms with Crippen molar-refractivity contribution in [2.45, 2.75) is 26.2 Å². The monoisotopic (exact) mass is 286 g/mol. The first-order valence-electron chi connectivity index (χ1n) is 6.67. The van der Waals surface area contributed by atoms with Crippen LogP contribution in [0.5, 0.6) is 0 Å². The number of furan rings is 1. The van der Waals surface area contributed by atoms with E-state index < -0.39 is 5.97 Å². The normalized spacial score (nSPS) is 11.2. The van der Waals surface area contributed by atoms with E-state index in [4.69, 9.17) is 4.42 Å². The summed E-state index contributed by atoms with van der Waals surface area (Å²) in [5.74, 6) is -0.685. The largest absolute Gasteiger partial charge is 0.463 e. The number of methoxy groups -OCH3 is 1. The molecule has 2 aromatic rings. The summed E-state index contributed by atoms with van der Waals surface area (Å²) >= 11 is 0. The number of esters is 1. The fourth-order valence-electron chi connectivity index (χ4n) is 2.14. The number of hydrogen-bond acceptors (Lipinski definition) is 4. The van der Waals surface area contributed by atoms with Gasteiger partial charge in [-0.1, -0.05) is 45.0 Å². The third-order valence-electron chi connectivity index (χ3n) is 3.20. The van der Waals surface area contributed by atoms with Crippen LogP contribution in [0.4, 0.5) is 0 Å². The van der Waals surface area contributed by atoms with E-state index in [-0.39, 0.29) is 22.7 Å². The standard InChI is InChI=1S/C17H18O4/c1-17(2,3)12-8-6-5-7-11(12)15(18)13-9-10-14(21-13)16(19)20-4/h5-10H,1-4H3. The average Bonchev–Trinajstić information content (AvgIpc) is 2.94. The third-order valence-corrected chi connectivity index (χ3v) is 3.20. The SMILES string of the molecule is COC(=O)c1ccc(C(=O)c2ccccc2C(C)(C)C)o1. The summed E-state index contributed by atoms with van der Waals surface area (Å²) in [5, 5.41) is 0. The minimum absolute atomic E-state index is 0.0223. The highest BCUT2D eigenvalue weighted by Gasteiger charge is 2.24. The molecule has 0 aliphatic carbocycles. The van der Waals surface area contributed by atoms with Crippen molar-refractivity contribution in [2.24, 2.45) is 0 Å². The molecular formula is C17H18O4. The average molecular weight is 286 g/mol. The molecule has 0 bridgehead atoms. The van der Waals surface area contributed by atoms with Gasteiger partial charge in [-0.05, 0) is 23.1 Å². The van der Waals surface area contributed by atoms with Crippen LogP contribution >= 0.6 is 0 Å². The highest BCUT2D eigenvalue weighted by molar-refractivity contribution is 6.08. The second-order valence-electron chi connectivity index (χ2n) is 5.78. The highest BCUT2D eigenvalue weighted by Crippen LogP contribution is 2.27. The molecule has 0 saturated heterocycles. The number of carbonyl (C=O) groups excluding carboxylic acids is 2. The molecular weight excluding hydrogens is 268 g/mol. The summed E-state index contributed by atoms with van der Waals surface area (Å²) in [4.78, 5) is 24.0. The molecule has 0 saturated carbocycles. The number of carbonyl (C=O) groups is 2. The Balaban J connectivity index is 2.42. The zero-order valence-electron chi connectivity index (χ0n) is 12.6. The van der Waals surface area contributed by atoms with Crippen LogP contribution in [0.1, 0.15) is 53.0 Å². The Labute approximate surface area is 123 Å². The molecule has 4 heteroatoms. The van der Waals surface area contributed by atoms with Gasteiger partial charge in [0.1, 0.15) is 0 Å². The number of ether oxygens (including phenoxy) is 1. The molecule has 0 atom stereocenters. The second kappa shape index (κ2) is 5.56. The van der Waals surface area contributed by atoms with Crippen molar-refractivity contribution in [3.05, 3.63) is 59.0 Å². The maximum Gasteiger partial charge on any atom is 0.373 e. The van der Waals surface area contributed by atoms with Crippen LogP contribution in [-0.2, 0) is 10.2 Å². The van der Waals surface area contributed by atoms with Gasteiger partial charge in [0, 0.05) is 5.56 Å². The lowest BCUT2D eigenvalue weighted by molar-refractivity contribution is 0.0563. The van der Waals surface area contributed by atoms with Gasteiger partial charge in [0.15, 0.2) is 5.76 Å². The molecule has 0 N–H and O–H groups in total. The molecule has 2 rings (SSSR count). The number of rotatable bonds is 3. The van der Waals surface area contributed by atoms with Gasteiger partial charge >= 0.3 is 5.97 Å². The van der Waals surface area contributed by atoms with Gasteiger partial charge in [-0.25, -0.2) is 4.79 Å². The maximum absolute atomic E-state index is 12.6. The van der Waals surface area contributed by atoms with E-state index in [1.807, 2.05) is 39.0 Å². The van der Waals surface area contributed by atoms with Gasteiger partial charge in [0.25, 0.3) is 0 Å². The molecule has 0 aliphatic rings. The summed E-state index contributed by atoms with van der Waals surface area (Å²) in [6, 6.07) is 10.3. The summed E-state index contributed by atoms with van der Waals surface area (Å²) in [6.45, 7) is 6.13. The van der Waals surface area contributed by atoms with E-state index in [1.54, 1.807) is 6.07 Å². The molecule has 0 radical (unpaired) electrons. The summed E-state index contributed by atoms with van der Waals surface area (Å²) in [7, 11) is 1.27. The molecule has 0 unspecified atom stereocenters. The first-order chi connectivity index (χ1) is 9.84. The quantitative estimate of drug-likeness (QED) is 0.639. The highest BCUT2D eigenvalue weighted by atomic mass is 16.5. The first-order valence-corrected chi connectivity index (χ1v) is 6.67. The lowest BCUT2D eigenvalue weighted by Crippen LogP contribution is -2.17. The molecule has 0 aliphatic heterocycles. The Morgan fingerprint density at radius 3 is 2.24 bits per heavy atom. The molecule has 1 aromatic carbocycles. The van der Waals surface area contributed by atoms with Crippen LogP contribution in [0.25, 0.3) is 0 Å². The van der Waals surface area contributed by atoms with Crippen LogP contribution < -0.4 is 0 Å². The van der Waals surface area contributed by atoms with Crippen LogP contribution in [0.15, 0.2) is 40.8 Å². The predicted octanol–water partition coefficient (Wildman–Crippen LogP) is 3.59. The van der Waals surface area contributed by atoms with E-state index in [2.05, 4.69) is 4.74 Å². The molecule has 21 heavy (non-hydrogen) atoms. The maximum atomic E-state index is 12.6. The molecule has 110 valence electrons. The predicted molar refractivity (Wildman–Crippen MR) is 78.6 cm³/mol. The summed E-state index contributed by atoms with van der Waals surface area (Å²) < 4.78 is 9.87. The molecule has 4 nitrogen and oxygen atoms in total. The number of ketones is 1. The van der Waals surface area contributed by atoms with E-state index >= 15 is 0 Å². The van der Waals surface area contributed by atoms with Gasteiger partial charge in [-0.15, -0.1) is 0 Å². The zero-order valence-corrected chi connectivity index (χ0v) is 12.6. The third kappa shape index (κ3) is 3.05. The van der Waals surface area contributed by atoms with Crippen molar-refractivity contribution in [3.8, 4) is 0 Å². The van der Waals surface area contributed by atoms with Gasteiger partial charge < -0.3 is 9.15 Å². The van der Waals surface area contributed by atoms with Gasteiger partial charge in [-0.3, -0.25) is 4.79 Å². The van der Waals surface area contributed by atoms with Crippen molar-refractivity contribution >= 4 is 11.8 Å². The Morgan fingerprint density at radius 2 is 1.62 bits per heavy atom. The lowest BCUT2D eigenvalue weighted by atomic mass is 9.82. The lowest BCUT2D eigenvalue weighted by Gasteiger charge is -2.21. The van der Waals surface area contributed by atoms with E-state index in [9.17, 15) is 9.59 Å². The molecule has 1 aromatic heterocycles. The second-order valence-corrected chi connectivity index (χ2v) is 5.78. The Kier molecular flexibility index (Phi) is 3.98. The smallest absolute Gasteiger partial charge is 0.373 e. The van der Waals surface area contributed by atoms with Crippen molar-refractivity contribution < 1.29 is 18.7 Å². The molecule has 0 spiro atoms. The van der Waals surface area contributed by atoms with Crippen molar-refractivity contribution in [1.29, 1.82) is 0 Å².